The van der Waals surface area contributed by atoms with Crippen LogP contribution in [-0.2, 0) is 10.5 Å². The maximum absolute atomic E-state index is 13.4. The molecule has 160 valence electrons. The third-order valence-corrected chi connectivity index (χ3v) is 6.09. The zero-order valence-electron chi connectivity index (χ0n) is 17.3. The molecule has 0 aliphatic heterocycles. The Hall–Kier alpha value is -3.85. The maximum atomic E-state index is 13.4. The van der Waals surface area contributed by atoms with E-state index in [1.54, 1.807) is 22.8 Å². The monoisotopic (exact) mass is 446 g/mol. The maximum Gasteiger partial charge on any atom is 0.373 e. The van der Waals surface area contributed by atoms with Gasteiger partial charge in [0.1, 0.15) is 5.76 Å². The lowest BCUT2D eigenvalue weighted by molar-refractivity contribution is 0.0563. The highest BCUT2D eigenvalue weighted by molar-refractivity contribution is 7.98. The first-order valence-electron chi connectivity index (χ1n) is 9.83. The minimum atomic E-state index is -0.526. The molecule has 0 radical (unpaired) electrons. The van der Waals surface area contributed by atoms with Gasteiger partial charge in [0.15, 0.2) is 5.16 Å². The zero-order chi connectivity index (χ0) is 22.2. The van der Waals surface area contributed by atoms with E-state index in [0.717, 1.165) is 16.8 Å². The van der Waals surface area contributed by atoms with E-state index in [0.29, 0.717) is 27.8 Å². The van der Waals surface area contributed by atoms with Crippen LogP contribution in [-0.4, -0.2) is 32.2 Å². The molecule has 3 aromatic heterocycles. The van der Waals surface area contributed by atoms with Gasteiger partial charge in [0, 0.05) is 0 Å². The van der Waals surface area contributed by atoms with Gasteiger partial charge in [-0.15, -0.1) is 10.2 Å². The van der Waals surface area contributed by atoms with Gasteiger partial charge in [0.2, 0.25) is 11.5 Å². The molecule has 9 heteroatoms. The van der Waals surface area contributed by atoms with Gasteiger partial charge >= 0.3 is 5.97 Å². The smallest absolute Gasteiger partial charge is 0.373 e. The summed E-state index contributed by atoms with van der Waals surface area (Å²) in [6.07, 6.45) is 0. The number of benzene rings is 2. The van der Waals surface area contributed by atoms with Crippen molar-refractivity contribution >= 4 is 34.4 Å². The van der Waals surface area contributed by atoms with Crippen LogP contribution in [0.4, 0.5) is 0 Å². The standard InChI is InChI=1S/C23H18N4O4S/c1-14-7-3-5-9-17(14)26-20(28)16-8-4-6-10-18(16)27-22(26)24-25-23(27)32-13-15-11-12-19(31-15)21(29)30-2/h3-12H,13H2,1-2H3. The quantitative estimate of drug-likeness (QED) is 0.297. The molecule has 0 unspecified atom stereocenters. The Labute approximate surface area is 186 Å². The summed E-state index contributed by atoms with van der Waals surface area (Å²) < 4.78 is 13.7. The first-order chi connectivity index (χ1) is 15.6. The fourth-order valence-electron chi connectivity index (χ4n) is 3.61. The number of furan rings is 1. The van der Waals surface area contributed by atoms with Crippen LogP contribution in [0.25, 0.3) is 22.4 Å². The van der Waals surface area contributed by atoms with Crippen molar-refractivity contribution in [3.8, 4) is 5.69 Å². The largest absolute Gasteiger partial charge is 0.463 e. The molecule has 5 aromatic rings. The molecule has 2 aromatic carbocycles. The second-order valence-electron chi connectivity index (χ2n) is 7.11. The highest BCUT2D eigenvalue weighted by Gasteiger charge is 2.19. The summed E-state index contributed by atoms with van der Waals surface area (Å²) in [5, 5.41) is 9.89. The van der Waals surface area contributed by atoms with Crippen molar-refractivity contribution in [1.29, 1.82) is 0 Å². The molecule has 0 spiro atoms. The second kappa shape index (κ2) is 8.01. The van der Waals surface area contributed by atoms with Crippen LogP contribution >= 0.6 is 11.8 Å². The predicted molar refractivity (Wildman–Crippen MR) is 120 cm³/mol. The highest BCUT2D eigenvalue weighted by Crippen LogP contribution is 2.27. The average molecular weight is 446 g/mol. The summed E-state index contributed by atoms with van der Waals surface area (Å²) in [6.45, 7) is 1.95. The molecule has 32 heavy (non-hydrogen) atoms. The number of carbonyl (C=O) groups is 1. The molecule has 5 rings (SSSR count). The number of aryl methyl sites for hydroxylation is 1. The molecule has 0 bridgehead atoms. The van der Waals surface area contributed by atoms with Crippen LogP contribution in [0.3, 0.4) is 0 Å². The fourth-order valence-corrected chi connectivity index (χ4v) is 4.44. The molecular weight excluding hydrogens is 428 g/mol. The van der Waals surface area contributed by atoms with Crippen LogP contribution in [0.15, 0.2) is 75.0 Å². The van der Waals surface area contributed by atoms with Crippen molar-refractivity contribution in [2.75, 3.05) is 7.11 Å². The second-order valence-corrected chi connectivity index (χ2v) is 8.05. The van der Waals surface area contributed by atoms with Crippen LogP contribution in [0.2, 0.25) is 0 Å². The predicted octanol–water partition coefficient (Wildman–Crippen LogP) is 4.01. The molecule has 0 amide bonds. The number of rotatable bonds is 5. The lowest BCUT2D eigenvalue weighted by atomic mass is 10.2. The summed E-state index contributed by atoms with van der Waals surface area (Å²) in [4.78, 5) is 25.0. The number of esters is 1. The highest BCUT2D eigenvalue weighted by atomic mass is 32.2. The topological polar surface area (TPSA) is 91.6 Å². The Bertz CT molecular complexity index is 1530. The SMILES string of the molecule is COC(=O)c1ccc(CSc2nnc3n(-c4ccccc4C)c(=O)c4ccccc4n23)o1. The third kappa shape index (κ3) is 3.27. The minimum Gasteiger partial charge on any atom is -0.463 e. The molecule has 0 aliphatic carbocycles. The number of ether oxygens (including phenoxy) is 1. The number of fused-ring (bicyclic) bond motifs is 3. The Morgan fingerprint density at radius 1 is 1.06 bits per heavy atom. The minimum absolute atomic E-state index is 0.146. The first kappa shape index (κ1) is 20.1. The Morgan fingerprint density at radius 3 is 2.66 bits per heavy atom. The van der Waals surface area contributed by atoms with Gasteiger partial charge < -0.3 is 9.15 Å². The van der Waals surface area contributed by atoms with Crippen LogP contribution < -0.4 is 5.56 Å². The number of nitrogens with zero attached hydrogens (tertiary/aromatic N) is 4. The summed E-state index contributed by atoms with van der Waals surface area (Å²) in [6, 6.07) is 18.4. The van der Waals surface area contributed by atoms with Gasteiger partial charge in [-0.1, -0.05) is 42.1 Å². The van der Waals surface area contributed by atoms with Crippen molar-refractivity contribution in [3.05, 3.63) is 88.1 Å². The Balaban J connectivity index is 1.64. The molecular formula is C23H18N4O4S. The Kier molecular flexibility index (Phi) is 5.02. The Morgan fingerprint density at radius 2 is 1.84 bits per heavy atom. The molecule has 0 aliphatic rings. The van der Waals surface area contributed by atoms with Gasteiger partial charge in [-0.3, -0.25) is 9.20 Å². The van der Waals surface area contributed by atoms with Crippen molar-refractivity contribution in [2.24, 2.45) is 0 Å². The van der Waals surface area contributed by atoms with Gasteiger partial charge in [-0.2, -0.15) is 0 Å². The van der Waals surface area contributed by atoms with Crippen molar-refractivity contribution in [3.63, 3.8) is 0 Å². The number of para-hydroxylation sites is 2. The van der Waals surface area contributed by atoms with Crippen molar-refractivity contribution in [1.82, 2.24) is 19.2 Å². The van der Waals surface area contributed by atoms with E-state index in [-0.39, 0.29) is 11.3 Å². The van der Waals surface area contributed by atoms with Gasteiger partial charge in [-0.05, 0) is 42.8 Å². The van der Waals surface area contributed by atoms with Gasteiger partial charge in [-0.25, -0.2) is 9.36 Å². The summed E-state index contributed by atoms with van der Waals surface area (Å²) >= 11 is 1.40. The number of aromatic nitrogens is 4. The first-order valence-corrected chi connectivity index (χ1v) is 10.8. The number of methoxy groups -OCH3 is 1. The lowest BCUT2D eigenvalue weighted by Crippen LogP contribution is -2.22. The summed E-state index contributed by atoms with van der Waals surface area (Å²) in [5.41, 5.74) is 2.28. The van der Waals surface area contributed by atoms with E-state index in [2.05, 4.69) is 14.9 Å². The van der Waals surface area contributed by atoms with E-state index in [1.165, 1.54) is 18.9 Å². The molecule has 8 nitrogen and oxygen atoms in total. The number of carbonyl (C=O) groups excluding carboxylic acids is 1. The molecule has 0 atom stereocenters. The van der Waals surface area contributed by atoms with Crippen molar-refractivity contribution in [2.45, 2.75) is 17.8 Å². The summed E-state index contributed by atoms with van der Waals surface area (Å²) in [5.74, 6) is 1.08. The number of hydrogen-bond donors (Lipinski definition) is 0. The molecule has 0 saturated carbocycles. The molecule has 0 saturated heterocycles. The van der Waals surface area contributed by atoms with E-state index in [1.807, 2.05) is 53.8 Å². The molecule has 3 heterocycles. The summed E-state index contributed by atoms with van der Waals surface area (Å²) in [7, 11) is 1.31. The number of hydrogen-bond acceptors (Lipinski definition) is 7. The van der Waals surface area contributed by atoms with Crippen LogP contribution in [0.5, 0.6) is 0 Å². The fraction of sp³-hybridized carbons (Fsp3) is 0.130. The van der Waals surface area contributed by atoms with Crippen molar-refractivity contribution < 1.29 is 13.9 Å². The molecule has 0 fully saturated rings. The average Bonchev–Trinajstić information content (AvgIpc) is 3.46. The van der Waals surface area contributed by atoms with E-state index < -0.39 is 5.97 Å². The van der Waals surface area contributed by atoms with E-state index in [9.17, 15) is 9.59 Å². The number of thioether (sulfide) groups is 1. The normalized spacial score (nSPS) is 11.3. The lowest BCUT2D eigenvalue weighted by Gasteiger charge is -2.13. The van der Waals surface area contributed by atoms with Crippen LogP contribution in [0.1, 0.15) is 21.9 Å². The molecule has 0 N–H and O–H groups in total. The third-order valence-electron chi connectivity index (χ3n) is 5.14. The van der Waals surface area contributed by atoms with Crippen LogP contribution in [0, 0.1) is 6.92 Å². The van der Waals surface area contributed by atoms with Gasteiger partial charge in [0.25, 0.3) is 5.56 Å². The van der Waals surface area contributed by atoms with E-state index in [4.69, 9.17) is 4.42 Å². The van der Waals surface area contributed by atoms with Gasteiger partial charge in [0.05, 0.1) is 29.5 Å². The zero-order valence-corrected chi connectivity index (χ0v) is 18.1. The van der Waals surface area contributed by atoms with E-state index >= 15 is 0 Å².